The lowest BCUT2D eigenvalue weighted by Crippen LogP contribution is -2.43. The molecule has 0 aromatic heterocycles. The van der Waals surface area contributed by atoms with Crippen molar-refractivity contribution in [3.8, 4) is 0 Å². The molecule has 0 N–H and O–H groups in total. The third-order valence-electron chi connectivity index (χ3n) is 5.57. The van der Waals surface area contributed by atoms with E-state index < -0.39 is 16.3 Å². The number of hydrogen-bond acceptors (Lipinski definition) is 3. The number of rotatable bonds is 6. The highest BCUT2D eigenvalue weighted by atomic mass is 32.2. The summed E-state index contributed by atoms with van der Waals surface area (Å²) in [5.74, 6) is 0. The quantitative estimate of drug-likeness (QED) is 0.589. The molecule has 0 bridgehead atoms. The maximum Gasteiger partial charge on any atom is 0.245 e. The van der Waals surface area contributed by atoms with Gasteiger partial charge in [0.2, 0.25) is 10.0 Å². The molecule has 0 saturated carbocycles. The van der Waals surface area contributed by atoms with Crippen LogP contribution in [0.2, 0.25) is 0 Å². The van der Waals surface area contributed by atoms with Gasteiger partial charge in [-0.05, 0) is 43.5 Å². The minimum Gasteiger partial charge on any atom is -0.360 e. The van der Waals surface area contributed by atoms with Crippen LogP contribution in [0.3, 0.4) is 0 Å². The van der Waals surface area contributed by atoms with E-state index in [1.54, 1.807) is 16.4 Å². The topological polar surface area (TPSA) is 46.6 Å². The summed E-state index contributed by atoms with van der Waals surface area (Å²) in [6, 6.07) is 25.0. The van der Waals surface area contributed by atoms with E-state index in [9.17, 15) is 8.42 Å². The highest BCUT2D eigenvalue weighted by Gasteiger charge is 2.43. The summed E-state index contributed by atoms with van der Waals surface area (Å²) in [4.78, 5) is 0.311. The first-order valence-corrected chi connectivity index (χ1v) is 11.7. The molecule has 1 heterocycles. The lowest BCUT2D eigenvalue weighted by atomic mass is 10.1. The maximum atomic E-state index is 13.6. The molecule has 3 aromatic rings. The van der Waals surface area contributed by atoms with E-state index in [-0.39, 0.29) is 6.04 Å². The Hall–Kier alpha value is -2.47. The Morgan fingerprint density at radius 3 is 2.00 bits per heavy atom. The second-order valence-corrected chi connectivity index (χ2v) is 9.81. The van der Waals surface area contributed by atoms with Gasteiger partial charge in [0.05, 0.1) is 17.5 Å². The van der Waals surface area contributed by atoms with Crippen molar-refractivity contribution in [2.45, 2.75) is 43.9 Å². The van der Waals surface area contributed by atoms with Crippen LogP contribution >= 0.6 is 0 Å². The monoisotopic (exact) mass is 421 g/mol. The summed E-state index contributed by atoms with van der Waals surface area (Å²) < 4.78 is 34.9. The normalized spacial score (nSPS) is 19.8. The maximum absolute atomic E-state index is 13.6. The Balaban J connectivity index is 1.67. The van der Waals surface area contributed by atoms with Gasteiger partial charge >= 0.3 is 0 Å². The molecular weight excluding hydrogens is 394 g/mol. The van der Waals surface area contributed by atoms with Crippen LogP contribution in [0.1, 0.15) is 22.3 Å². The molecular formula is C25H27NO3S. The number of ether oxygens (including phenoxy) is 1. The zero-order chi connectivity index (χ0) is 21.1. The van der Waals surface area contributed by atoms with Crippen molar-refractivity contribution >= 4 is 10.0 Å². The van der Waals surface area contributed by atoms with Crippen LogP contribution in [0.4, 0.5) is 0 Å². The summed E-state index contributed by atoms with van der Waals surface area (Å²) >= 11 is 0. The third kappa shape index (κ3) is 4.48. The number of sulfonamides is 1. The van der Waals surface area contributed by atoms with Gasteiger partial charge in [0, 0.05) is 6.42 Å². The van der Waals surface area contributed by atoms with E-state index in [1.165, 1.54) is 5.56 Å². The van der Waals surface area contributed by atoms with Crippen LogP contribution in [0.5, 0.6) is 0 Å². The van der Waals surface area contributed by atoms with Gasteiger partial charge in [0.1, 0.15) is 6.23 Å². The predicted octanol–water partition coefficient (Wildman–Crippen LogP) is 4.50. The highest BCUT2D eigenvalue weighted by molar-refractivity contribution is 7.89. The van der Waals surface area contributed by atoms with Crippen molar-refractivity contribution in [3.05, 3.63) is 101 Å². The average Bonchev–Trinajstić information content (AvgIpc) is 3.13. The van der Waals surface area contributed by atoms with Gasteiger partial charge in [-0.1, -0.05) is 77.9 Å². The van der Waals surface area contributed by atoms with E-state index in [2.05, 4.69) is 0 Å². The lowest BCUT2D eigenvalue weighted by molar-refractivity contribution is 0.0688. The molecule has 2 atom stereocenters. The van der Waals surface area contributed by atoms with Crippen molar-refractivity contribution < 1.29 is 13.2 Å². The Morgan fingerprint density at radius 2 is 1.37 bits per heavy atom. The Morgan fingerprint density at radius 1 is 0.800 bits per heavy atom. The fourth-order valence-corrected chi connectivity index (χ4v) is 5.59. The number of nitrogens with zero attached hydrogens (tertiary/aromatic N) is 1. The molecule has 0 radical (unpaired) electrons. The summed E-state index contributed by atoms with van der Waals surface area (Å²) in [5.41, 5.74) is 4.38. The molecule has 1 aliphatic rings. The number of hydrogen-bond donors (Lipinski definition) is 0. The number of benzene rings is 3. The van der Waals surface area contributed by atoms with Crippen LogP contribution in [0.25, 0.3) is 0 Å². The Bertz CT molecular complexity index is 1080. The van der Waals surface area contributed by atoms with Crippen molar-refractivity contribution in [1.82, 2.24) is 4.31 Å². The van der Waals surface area contributed by atoms with Crippen LogP contribution in [-0.2, 0) is 27.6 Å². The van der Waals surface area contributed by atoms with Crippen LogP contribution in [0.15, 0.2) is 83.8 Å². The van der Waals surface area contributed by atoms with Crippen LogP contribution in [-0.4, -0.2) is 31.6 Å². The predicted molar refractivity (Wildman–Crippen MR) is 119 cm³/mol. The molecule has 0 spiro atoms. The molecule has 1 aliphatic heterocycles. The molecule has 0 unspecified atom stereocenters. The second-order valence-electron chi connectivity index (χ2n) is 7.97. The van der Waals surface area contributed by atoms with Crippen molar-refractivity contribution in [2.75, 3.05) is 6.61 Å². The molecule has 5 heteroatoms. The first-order chi connectivity index (χ1) is 14.4. The first-order valence-electron chi connectivity index (χ1n) is 10.2. The molecule has 0 aliphatic carbocycles. The third-order valence-corrected chi connectivity index (χ3v) is 7.52. The van der Waals surface area contributed by atoms with E-state index >= 15 is 0 Å². The molecule has 4 nitrogen and oxygen atoms in total. The molecule has 30 heavy (non-hydrogen) atoms. The van der Waals surface area contributed by atoms with Crippen molar-refractivity contribution in [2.24, 2.45) is 0 Å². The van der Waals surface area contributed by atoms with Gasteiger partial charge in [0.15, 0.2) is 0 Å². The largest absolute Gasteiger partial charge is 0.360 e. The average molecular weight is 422 g/mol. The summed E-state index contributed by atoms with van der Waals surface area (Å²) in [5, 5.41) is 0. The first kappa shape index (κ1) is 20.8. The smallest absolute Gasteiger partial charge is 0.245 e. The molecule has 1 fully saturated rings. The van der Waals surface area contributed by atoms with Crippen LogP contribution < -0.4 is 0 Å². The van der Waals surface area contributed by atoms with Crippen LogP contribution in [0, 0.1) is 13.8 Å². The number of aryl methyl sites for hydroxylation is 2. The molecule has 156 valence electrons. The van der Waals surface area contributed by atoms with E-state index in [0.717, 1.165) is 16.7 Å². The molecule has 3 aromatic carbocycles. The zero-order valence-corrected chi connectivity index (χ0v) is 18.2. The Kier molecular flexibility index (Phi) is 6.04. The van der Waals surface area contributed by atoms with Gasteiger partial charge in [-0.15, -0.1) is 0 Å². The van der Waals surface area contributed by atoms with Crippen molar-refractivity contribution in [1.29, 1.82) is 0 Å². The molecule has 0 amide bonds. The fraction of sp³-hybridized carbons (Fsp3) is 0.280. The summed E-state index contributed by atoms with van der Waals surface area (Å²) in [6.45, 7) is 4.38. The van der Waals surface area contributed by atoms with Gasteiger partial charge in [-0.3, -0.25) is 0 Å². The van der Waals surface area contributed by atoms with Gasteiger partial charge in [-0.2, -0.15) is 4.31 Å². The van der Waals surface area contributed by atoms with Gasteiger partial charge in [-0.25, -0.2) is 8.42 Å². The van der Waals surface area contributed by atoms with E-state index in [1.807, 2.05) is 80.6 Å². The minimum atomic E-state index is -3.69. The zero-order valence-electron chi connectivity index (χ0n) is 17.4. The fourth-order valence-electron chi connectivity index (χ4n) is 3.90. The standard InChI is InChI=1S/C25H27NO3S/c1-19-8-12-22(13-9-19)17-25-26(30(27,28)24-14-10-20(2)11-15-24)23(18-29-25)16-21-6-4-3-5-7-21/h3-15,23,25H,16-18H2,1-2H3/t23-,25-/m0/s1. The van der Waals surface area contributed by atoms with Gasteiger partial charge < -0.3 is 4.74 Å². The van der Waals surface area contributed by atoms with E-state index in [0.29, 0.717) is 24.3 Å². The van der Waals surface area contributed by atoms with E-state index in [4.69, 9.17) is 4.74 Å². The lowest BCUT2D eigenvalue weighted by Gasteiger charge is -2.28. The minimum absolute atomic E-state index is 0.242. The van der Waals surface area contributed by atoms with Crippen molar-refractivity contribution in [3.63, 3.8) is 0 Å². The second kappa shape index (κ2) is 8.72. The summed E-state index contributed by atoms with van der Waals surface area (Å²) in [7, 11) is -3.69. The van der Waals surface area contributed by atoms with Gasteiger partial charge in [0.25, 0.3) is 0 Å². The summed E-state index contributed by atoms with van der Waals surface area (Å²) in [6.07, 6.45) is 0.625. The molecule has 4 rings (SSSR count). The SMILES string of the molecule is Cc1ccc(C[C@@H]2OC[C@H](Cc3ccccc3)N2S(=O)(=O)c2ccc(C)cc2)cc1. The Labute approximate surface area is 179 Å². The molecule has 1 saturated heterocycles. The highest BCUT2D eigenvalue weighted by Crippen LogP contribution is 2.30.